The van der Waals surface area contributed by atoms with Crippen LogP contribution in [0.5, 0.6) is 0 Å². The molecular formula is C15H24N4O2S. The van der Waals surface area contributed by atoms with Crippen LogP contribution in [0.25, 0.3) is 11.2 Å². The number of aromatic nitrogens is 4. The molecule has 0 aliphatic rings. The van der Waals surface area contributed by atoms with Crippen LogP contribution in [0.15, 0.2) is 14.7 Å². The molecule has 0 saturated heterocycles. The molecule has 0 aromatic carbocycles. The van der Waals surface area contributed by atoms with Crippen molar-refractivity contribution in [2.75, 3.05) is 5.75 Å². The Bertz CT molecular complexity index is 757. The van der Waals surface area contributed by atoms with E-state index >= 15 is 0 Å². The molecule has 22 heavy (non-hydrogen) atoms. The highest BCUT2D eigenvalue weighted by Gasteiger charge is 2.17. The summed E-state index contributed by atoms with van der Waals surface area (Å²) < 4.78 is 3.37. The van der Waals surface area contributed by atoms with Gasteiger partial charge in [-0.3, -0.25) is 14.3 Å². The van der Waals surface area contributed by atoms with Crippen molar-refractivity contribution in [2.45, 2.75) is 51.7 Å². The minimum absolute atomic E-state index is 0.350. The molecule has 6 nitrogen and oxygen atoms in total. The number of unbranched alkanes of at least 4 members (excludes halogenated alkanes) is 1. The van der Waals surface area contributed by atoms with Gasteiger partial charge in [0.05, 0.1) is 0 Å². The third kappa shape index (κ3) is 3.45. The van der Waals surface area contributed by atoms with E-state index in [9.17, 15) is 9.59 Å². The molecule has 0 saturated carbocycles. The molecule has 122 valence electrons. The largest absolute Gasteiger partial charge is 0.329 e. The molecule has 0 amide bonds. The molecule has 0 fully saturated rings. The minimum Gasteiger partial charge on any atom is -0.313 e. The van der Waals surface area contributed by atoms with Gasteiger partial charge in [-0.2, -0.15) is 0 Å². The van der Waals surface area contributed by atoms with Crippen LogP contribution in [0.1, 0.15) is 40.0 Å². The van der Waals surface area contributed by atoms with E-state index in [1.165, 1.54) is 4.57 Å². The second kappa shape index (κ2) is 7.17. The van der Waals surface area contributed by atoms with Gasteiger partial charge in [-0.25, -0.2) is 9.78 Å². The number of imidazole rings is 1. The maximum atomic E-state index is 12.2. The Morgan fingerprint density at radius 2 is 2.05 bits per heavy atom. The van der Waals surface area contributed by atoms with Gasteiger partial charge in [0, 0.05) is 19.3 Å². The Kier molecular flexibility index (Phi) is 5.50. The number of thioether (sulfide) groups is 1. The van der Waals surface area contributed by atoms with Crippen LogP contribution in [0, 0.1) is 5.92 Å². The maximum Gasteiger partial charge on any atom is 0.329 e. The first kappa shape index (κ1) is 16.9. The molecule has 2 aromatic heterocycles. The predicted molar refractivity (Wildman–Crippen MR) is 90.7 cm³/mol. The van der Waals surface area contributed by atoms with Crippen molar-refractivity contribution in [3.05, 3.63) is 20.8 Å². The number of aryl methyl sites for hydroxylation is 2. The van der Waals surface area contributed by atoms with Gasteiger partial charge >= 0.3 is 5.69 Å². The number of fused-ring (bicyclic) bond motifs is 1. The molecule has 0 radical (unpaired) electrons. The fraction of sp³-hybridized carbons (Fsp3) is 0.667. The van der Waals surface area contributed by atoms with Gasteiger partial charge in [0.25, 0.3) is 5.56 Å². The van der Waals surface area contributed by atoms with Crippen molar-refractivity contribution in [2.24, 2.45) is 13.0 Å². The van der Waals surface area contributed by atoms with E-state index in [1.54, 1.807) is 18.8 Å². The number of hydrogen-bond donors (Lipinski definition) is 1. The number of nitrogens with one attached hydrogen (secondary N) is 1. The van der Waals surface area contributed by atoms with Crippen molar-refractivity contribution in [1.82, 2.24) is 19.1 Å². The molecule has 0 atom stereocenters. The Balaban J connectivity index is 2.49. The summed E-state index contributed by atoms with van der Waals surface area (Å²) >= 11 is 1.66. The topological polar surface area (TPSA) is 72.7 Å². The first-order chi connectivity index (χ1) is 10.5. The van der Waals surface area contributed by atoms with E-state index in [2.05, 4.69) is 30.7 Å². The average Bonchev–Trinajstić information content (AvgIpc) is 2.81. The standard InChI is InChI=1S/C15H24N4O2S/c1-5-6-8-19-11-12(18(4)14(21)17-13(11)20)16-15(19)22-9-7-10(2)3/h10H,5-9H2,1-4H3,(H,17,20,21). The van der Waals surface area contributed by atoms with Crippen molar-refractivity contribution in [1.29, 1.82) is 0 Å². The molecule has 2 aromatic rings. The lowest BCUT2D eigenvalue weighted by molar-refractivity contribution is 0.597. The quantitative estimate of drug-likeness (QED) is 0.794. The molecule has 0 bridgehead atoms. The van der Waals surface area contributed by atoms with Crippen LogP contribution in [0.3, 0.4) is 0 Å². The maximum absolute atomic E-state index is 12.2. The molecule has 0 unspecified atom stereocenters. The highest BCUT2D eigenvalue weighted by molar-refractivity contribution is 7.99. The summed E-state index contributed by atoms with van der Waals surface area (Å²) in [7, 11) is 1.64. The highest BCUT2D eigenvalue weighted by atomic mass is 32.2. The molecule has 0 spiro atoms. The number of nitrogens with zero attached hydrogens (tertiary/aromatic N) is 3. The number of hydrogen-bond acceptors (Lipinski definition) is 4. The second-order valence-corrected chi connectivity index (χ2v) is 6.98. The molecule has 2 rings (SSSR count). The summed E-state index contributed by atoms with van der Waals surface area (Å²) in [6.07, 6.45) is 3.11. The zero-order valence-corrected chi connectivity index (χ0v) is 14.5. The first-order valence-corrected chi connectivity index (χ1v) is 8.76. The smallest absolute Gasteiger partial charge is 0.313 e. The SMILES string of the molecule is CCCCn1c(SCCC(C)C)nc2c1c(=O)[nH]c(=O)n2C. The van der Waals surface area contributed by atoms with Gasteiger partial charge in [-0.15, -0.1) is 0 Å². The van der Waals surface area contributed by atoms with Crippen molar-refractivity contribution >= 4 is 22.9 Å². The Hall–Kier alpha value is -1.50. The molecular weight excluding hydrogens is 300 g/mol. The predicted octanol–water partition coefficient (Wildman–Crippen LogP) is 2.36. The van der Waals surface area contributed by atoms with E-state index in [4.69, 9.17) is 0 Å². The van der Waals surface area contributed by atoms with E-state index < -0.39 is 5.69 Å². The van der Waals surface area contributed by atoms with Gasteiger partial charge in [0.2, 0.25) is 0 Å². The third-order valence-electron chi connectivity index (χ3n) is 3.63. The highest BCUT2D eigenvalue weighted by Crippen LogP contribution is 2.23. The average molecular weight is 324 g/mol. The summed E-state index contributed by atoms with van der Waals surface area (Å²) in [5, 5.41) is 0.829. The molecule has 0 aliphatic carbocycles. The third-order valence-corrected chi connectivity index (χ3v) is 4.64. The Morgan fingerprint density at radius 3 is 2.68 bits per heavy atom. The lowest BCUT2D eigenvalue weighted by Gasteiger charge is -2.08. The lowest BCUT2D eigenvalue weighted by atomic mass is 10.2. The van der Waals surface area contributed by atoms with Crippen molar-refractivity contribution < 1.29 is 0 Å². The van der Waals surface area contributed by atoms with Crippen LogP contribution in [-0.4, -0.2) is 24.9 Å². The summed E-state index contributed by atoms with van der Waals surface area (Å²) in [5.74, 6) is 1.59. The minimum atomic E-state index is -0.420. The van der Waals surface area contributed by atoms with Crippen LogP contribution >= 0.6 is 11.8 Å². The van der Waals surface area contributed by atoms with Gasteiger partial charge < -0.3 is 4.57 Å². The Morgan fingerprint density at radius 1 is 1.32 bits per heavy atom. The number of rotatable bonds is 7. The summed E-state index contributed by atoms with van der Waals surface area (Å²) in [4.78, 5) is 30.9. The number of H-pyrrole nitrogens is 1. The normalized spacial score (nSPS) is 11.7. The lowest BCUT2D eigenvalue weighted by Crippen LogP contribution is -2.29. The van der Waals surface area contributed by atoms with E-state index in [0.29, 0.717) is 17.1 Å². The van der Waals surface area contributed by atoms with Crippen LogP contribution < -0.4 is 11.2 Å². The molecule has 1 N–H and O–H groups in total. The molecule has 7 heteroatoms. The monoisotopic (exact) mass is 324 g/mol. The summed E-state index contributed by atoms with van der Waals surface area (Å²) in [6, 6.07) is 0. The van der Waals surface area contributed by atoms with Crippen LogP contribution in [0.2, 0.25) is 0 Å². The van der Waals surface area contributed by atoms with Gasteiger partial charge in [-0.05, 0) is 18.8 Å². The molecule has 2 heterocycles. The fourth-order valence-corrected chi connectivity index (χ4v) is 3.50. The van der Waals surface area contributed by atoms with Gasteiger partial charge in [0.1, 0.15) is 0 Å². The first-order valence-electron chi connectivity index (χ1n) is 7.78. The summed E-state index contributed by atoms with van der Waals surface area (Å²) in [5.41, 5.74) is 0.202. The zero-order valence-electron chi connectivity index (χ0n) is 13.7. The van der Waals surface area contributed by atoms with E-state index in [1.807, 2.05) is 4.57 Å². The van der Waals surface area contributed by atoms with Crippen molar-refractivity contribution in [3.63, 3.8) is 0 Å². The van der Waals surface area contributed by atoms with Gasteiger partial charge in [-0.1, -0.05) is 39.0 Å². The molecule has 0 aliphatic heterocycles. The van der Waals surface area contributed by atoms with Crippen molar-refractivity contribution in [3.8, 4) is 0 Å². The fourth-order valence-electron chi connectivity index (χ4n) is 2.23. The second-order valence-electron chi connectivity index (χ2n) is 5.92. The van der Waals surface area contributed by atoms with E-state index in [-0.39, 0.29) is 5.56 Å². The zero-order chi connectivity index (χ0) is 16.3. The van der Waals surface area contributed by atoms with Crippen LogP contribution in [-0.2, 0) is 13.6 Å². The van der Waals surface area contributed by atoms with Gasteiger partial charge in [0.15, 0.2) is 16.3 Å². The van der Waals surface area contributed by atoms with Crippen LogP contribution in [0.4, 0.5) is 0 Å². The summed E-state index contributed by atoms with van der Waals surface area (Å²) in [6.45, 7) is 7.24. The van der Waals surface area contributed by atoms with E-state index in [0.717, 1.165) is 36.7 Å². The number of aromatic amines is 1. The Labute approximate surface area is 133 Å².